The highest BCUT2D eigenvalue weighted by atomic mass is 19.1. The number of ether oxygens (including phenoxy) is 1. The number of hydrogen-bond acceptors (Lipinski definition) is 3. The molecular weight excluding hydrogens is 257 g/mol. The van der Waals surface area contributed by atoms with Crippen molar-refractivity contribution < 1.29 is 13.9 Å². The van der Waals surface area contributed by atoms with E-state index in [-0.39, 0.29) is 23.8 Å². The second-order valence-electron chi connectivity index (χ2n) is 6.15. The Balaban J connectivity index is 1.98. The maximum absolute atomic E-state index is 14.7. The van der Waals surface area contributed by atoms with Crippen LogP contribution in [0.3, 0.4) is 0 Å². The summed E-state index contributed by atoms with van der Waals surface area (Å²) in [7, 11) is 0. The molecule has 2 aliphatic heterocycles. The minimum atomic E-state index is -0.936. The van der Waals surface area contributed by atoms with Gasteiger partial charge in [0.25, 0.3) is 0 Å². The van der Waals surface area contributed by atoms with Gasteiger partial charge >= 0.3 is 0 Å². The van der Waals surface area contributed by atoms with E-state index < -0.39 is 5.60 Å². The van der Waals surface area contributed by atoms with Gasteiger partial charge < -0.3 is 9.64 Å². The molecule has 2 aliphatic rings. The number of ketones is 1. The summed E-state index contributed by atoms with van der Waals surface area (Å²) in [5, 5.41) is 0. The molecule has 3 rings (SSSR count). The SMILES string of the molecule is CC1(C)Oc2c(ccc(N3CCCCC3)c2F)CC1=O. The van der Waals surface area contributed by atoms with Gasteiger partial charge in [0.05, 0.1) is 5.69 Å². The molecule has 108 valence electrons. The Morgan fingerprint density at radius 3 is 2.60 bits per heavy atom. The molecule has 4 heteroatoms. The molecule has 0 bridgehead atoms. The number of halogens is 1. The minimum absolute atomic E-state index is 0.00452. The Labute approximate surface area is 118 Å². The summed E-state index contributed by atoms with van der Waals surface area (Å²) in [6, 6.07) is 3.62. The average molecular weight is 277 g/mol. The molecule has 0 N–H and O–H groups in total. The Bertz CT molecular complexity index is 548. The van der Waals surface area contributed by atoms with Crippen molar-refractivity contribution >= 4 is 11.5 Å². The van der Waals surface area contributed by atoms with E-state index in [1.807, 2.05) is 6.07 Å². The molecule has 1 saturated heterocycles. The molecule has 0 atom stereocenters. The van der Waals surface area contributed by atoms with Crippen molar-refractivity contribution in [1.82, 2.24) is 0 Å². The number of benzene rings is 1. The summed E-state index contributed by atoms with van der Waals surface area (Å²) in [4.78, 5) is 14.0. The van der Waals surface area contributed by atoms with Crippen molar-refractivity contribution in [3.05, 3.63) is 23.5 Å². The largest absolute Gasteiger partial charge is 0.477 e. The maximum Gasteiger partial charge on any atom is 0.188 e. The molecule has 2 heterocycles. The van der Waals surface area contributed by atoms with Gasteiger partial charge in [-0.05, 0) is 39.2 Å². The first kappa shape index (κ1) is 13.4. The number of carbonyl (C=O) groups excluding carboxylic acids is 1. The van der Waals surface area contributed by atoms with Crippen LogP contribution in [0.5, 0.6) is 5.75 Å². The van der Waals surface area contributed by atoms with Crippen LogP contribution in [-0.2, 0) is 11.2 Å². The van der Waals surface area contributed by atoms with E-state index in [1.54, 1.807) is 19.9 Å². The van der Waals surface area contributed by atoms with Crippen molar-refractivity contribution in [2.75, 3.05) is 18.0 Å². The number of rotatable bonds is 1. The Kier molecular flexibility index (Phi) is 3.19. The first-order valence-electron chi connectivity index (χ1n) is 7.28. The van der Waals surface area contributed by atoms with Crippen LogP contribution in [-0.4, -0.2) is 24.5 Å². The number of fused-ring (bicyclic) bond motifs is 1. The molecule has 0 aromatic heterocycles. The van der Waals surface area contributed by atoms with E-state index in [9.17, 15) is 9.18 Å². The third-order valence-electron chi connectivity index (χ3n) is 4.23. The number of hydrogen-bond donors (Lipinski definition) is 0. The van der Waals surface area contributed by atoms with Crippen LogP contribution in [0.1, 0.15) is 38.7 Å². The van der Waals surface area contributed by atoms with Crippen molar-refractivity contribution in [3.8, 4) is 5.75 Å². The van der Waals surface area contributed by atoms with Crippen LogP contribution >= 0.6 is 0 Å². The summed E-state index contributed by atoms with van der Waals surface area (Å²) in [6.45, 7) is 5.17. The van der Waals surface area contributed by atoms with Crippen LogP contribution < -0.4 is 9.64 Å². The molecule has 1 aromatic carbocycles. The van der Waals surface area contributed by atoms with Crippen LogP contribution in [0.25, 0.3) is 0 Å². The van der Waals surface area contributed by atoms with E-state index in [4.69, 9.17) is 4.74 Å². The zero-order valence-corrected chi connectivity index (χ0v) is 12.0. The summed E-state index contributed by atoms with van der Waals surface area (Å²) >= 11 is 0. The quantitative estimate of drug-likeness (QED) is 0.790. The summed E-state index contributed by atoms with van der Waals surface area (Å²) in [6.07, 6.45) is 3.66. The van der Waals surface area contributed by atoms with Gasteiger partial charge in [-0.25, -0.2) is 4.39 Å². The number of piperidine rings is 1. The smallest absolute Gasteiger partial charge is 0.188 e. The van der Waals surface area contributed by atoms with Gasteiger partial charge in [-0.1, -0.05) is 6.07 Å². The first-order chi connectivity index (χ1) is 9.49. The molecule has 0 saturated carbocycles. The molecule has 0 radical (unpaired) electrons. The third-order valence-corrected chi connectivity index (χ3v) is 4.23. The summed E-state index contributed by atoms with van der Waals surface area (Å²) in [5.41, 5.74) is 0.329. The van der Waals surface area contributed by atoms with Gasteiger partial charge in [-0.15, -0.1) is 0 Å². The normalized spacial score (nSPS) is 21.4. The first-order valence-corrected chi connectivity index (χ1v) is 7.28. The van der Waals surface area contributed by atoms with Gasteiger partial charge in [0.1, 0.15) is 0 Å². The fourth-order valence-corrected chi connectivity index (χ4v) is 2.91. The predicted octanol–water partition coefficient (Wildman–Crippen LogP) is 3.10. The molecule has 1 fully saturated rings. The lowest BCUT2D eigenvalue weighted by Crippen LogP contribution is -2.43. The van der Waals surface area contributed by atoms with E-state index in [2.05, 4.69) is 4.90 Å². The van der Waals surface area contributed by atoms with Gasteiger partial charge in [-0.3, -0.25) is 4.79 Å². The third kappa shape index (κ3) is 2.17. The zero-order chi connectivity index (χ0) is 14.3. The lowest BCUT2D eigenvalue weighted by atomic mass is 9.92. The molecule has 20 heavy (non-hydrogen) atoms. The number of anilines is 1. The standard InChI is InChI=1S/C16H20FNO2/c1-16(2)13(19)10-11-6-7-12(14(17)15(11)20-16)18-8-4-3-5-9-18/h6-7H,3-5,8-10H2,1-2H3. The topological polar surface area (TPSA) is 29.5 Å². The molecule has 3 nitrogen and oxygen atoms in total. The molecule has 0 unspecified atom stereocenters. The van der Waals surface area contributed by atoms with Gasteiger partial charge in [0, 0.05) is 25.1 Å². The van der Waals surface area contributed by atoms with E-state index in [1.165, 1.54) is 6.42 Å². The lowest BCUT2D eigenvalue weighted by Gasteiger charge is -2.34. The Morgan fingerprint density at radius 1 is 1.20 bits per heavy atom. The minimum Gasteiger partial charge on any atom is -0.477 e. The molecule has 0 aliphatic carbocycles. The van der Waals surface area contributed by atoms with Crippen LogP contribution in [0, 0.1) is 5.82 Å². The highest BCUT2D eigenvalue weighted by molar-refractivity contribution is 5.91. The second kappa shape index (κ2) is 4.76. The number of carbonyl (C=O) groups is 1. The average Bonchev–Trinajstić information content (AvgIpc) is 2.42. The number of Topliss-reactive ketones (excluding diaryl/α,β-unsaturated/α-hetero) is 1. The van der Waals surface area contributed by atoms with Crippen molar-refractivity contribution in [1.29, 1.82) is 0 Å². The van der Waals surface area contributed by atoms with Crippen LogP contribution in [0.15, 0.2) is 12.1 Å². The Morgan fingerprint density at radius 2 is 1.90 bits per heavy atom. The van der Waals surface area contributed by atoms with Crippen molar-refractivity contribution in [2.24, 2.45) is 0 Å². The predicted molar refractivity (Wildman–Crippen MR) is 75.9 cm³/mol. The fourth-order valence-electron chi connectivity index (χ4n) is 2.91. The van der Waals surface area contributed by atoms with Crippen molar-refractivity contribution in [3.63, 3.8) is 0 Å². The molecule has 0 spiro atoms. The van der Waals surface area contributed by atoms with Crippen LogP contribution in [0.4, 0.5) is 10.1 Å². The lowest BCUT2D eigenvalue weighted by molar-refractivity contribution is -0.132. The van der Waals surface area contributed by atoms with Crippen LogP contribution in [0.2, 0.25) is 0 Å². The highest BCUT2D eigenvalue weighted by Gasteiger charge is 2.37. The van der Waals surface area contributed by atoms with Gasteiger partial charge in [0.15, 0.2) is 23.0 Å². The number of nitrogens with zero attached hydrogens (tertiary/aromatic N) is 1. The second-order valence-corrected chi connectivity index (χ2v) is 6.15. The Hall–Kier alpha value is -1.58. The molecule has 0 amide bonds. The molecular formula is C16H20FNO2. The van der Waals surface area contributed by atoms with Gasteiger partial charge in [-0.2, -0.15) is 0 Å². The van der Waals surface area contributed by atoms with E-state index in [0.29, 0.717) is 11.3 Å². The summed E-state index contributed by atoms with van der Waals surface area (Å²) in [5.74, 6) is -0.0576. The van der Waals surface area contributed by atoms with E-state index >= 15 is 0 Å². The monoisotopic (exact) mass is 277 g/mol. The fraction of sp³-hybridized carbons (Fsp3) is 0.562. The summed E-state index contributed by atoms with van der Waals surface area (Å²) < 4.78 is 20.4. The van der Waals surface area contributed by atoms with E-state index in [0.717, 1.165) is 25.9 Å². The molecule has 1 aromatic rings. The van der Waals surface area contributed by atoms with Crippen molar-refractivity contribution in [2.45, 2.75) is 45.1 Å². The highest BCUT2D eigenvalue weighted by Crippen LogP contribution is 2.38. The maximum atomic E-state index is 14.7. The zero-order valence-electron chi connectivity index (χ0n) is 12.0. The van der Waals surface area contributed by atoms with Gasteiger partial charge in [0.2, 0.25) is 0 Å².